The van der Waals surface area contributed by atoms with Crippen molar-refractivity contribution in [2.24, 2.45) is 28.6 Å². The van der Waals surface area contributed by atoms with Crippen molar-refractivity contribution in [3.63, 3.8) is 0 Å². The van der Waals surface area contributed by atoms with Gasteiger partial charge in [-0.2, -0.15) is 0 Å². The van der Waals surface area contributed by atoms with Crippen LogP contribution in [0.2, 0.25) is 0 Å². The fourth-order valence-electron chi connectivity index (χ4n) is 8.69. The molecule has 1 amide bonds. The van der Waals surface area contributed by atoms with Crippen molar-refractivity contribution in [1.82, 2.24) is 4.90 Å². The van der Waals surface area contributed by atoms with Crippen LogP contribution in [0.3, 0.4) is 0 Å². The van der Waals surface area contributed by atoms with Crippen molar-refractivity contribution in [3.8, 4) is 0 Å². The van der Waals surface area contributed by atoms with Crippen LogP contribution in [0.25, 0.3) is 0 Å². The van der Waals surface area contributed by atoms with Gasteiger partial charge in [0.15, 0.2) is 5.78 Å². The Morgan fingerprint density at radius 3 is 2.50 bits per heavy atom. The van der Waals surface area contributed by atoms with E-state index in [1.165, 1.54) is 0 Å². The molecule has 34 heavy (non-hydrogen) atoms. The van der Waals surface area contributed by atoms with E-state index in [2.05, 4.69) is 20.8 Å². The SMILES string of the molecule is COCC(=O)N(C1CC1)C(C)C1CC[C@@]2(O)C3=CC(=O)C4CC(O)C(O)CC4(C)C3CCC12C. The van der Waals surface area contributed by atoms with Gasteiger partial charge in [-0.1, -0.05) is 13.8 Å². The average molecular weight is 476 g/mol. The Hall–Kier alpha value is -1.28. The number of rotatable bonds is 5. The van der Waals surface area contributed by atoms with Crippen LogP contribution in [0.15, 0.2) is 11.6 Å². The van der Waals surface area contributed by atoms with Gasteiger partial charge in [0.05, 0.1) is 17.8 Å². The number of amides is 1. The smallest absolute Gasteiger partial charge is 0.249 e. The lowest BCUT2D eigenvalue weighted by Crippen LogP contribution is -2.61. The highest BCUT2D eigenvalue weighted by Gasteiger charge is 2.67. The molecule has 0 aromatic heterocycles. The molecule has 0 spiro atoms. The molecule has 5 aliphatic carbocycles. The summed E-state index contributed by atoms with van der Waals surface area (Å²) in [5.74, 6) is -0.189. The van der Waals surface area contributed by atoms with Crippen molar-refractivity contribution >= 4 is 11.7 Å². The quantitative estimate of drug-likeness (QED) is 0.563. The van der Waals surface area contributed by atoms with Crippen molar-refractivity contribution in [2.45, 2.75) is 102 Å². The minimum atomic E-state index is -1.10. The van der Waals surface area contributed by atoms with Crippen LogP contribution in [-0.4, -0.2) is 75.5 Å². The molecule has 3 N–H and O–H groups in total. The van der Waals surface area contributed by atoms with Crippen LogP contribution in [0.5, 0.6) is 0 Å². The minimum absolute atomic E-state index is 0.0131. The van der Waals surface area contributed by atoms with Crippen molar-refractivity contribution in [3.05, 3.63) is 11.6 Å². The van der Waals surface area contributed by atoms with Gasteiger partial charge in [-0.15, -0.1) is 0 Å². The number of aliphatic hydroxyl groups excluding tert-OH is 2. The van der Waals surface area contributed by atoms with Crippen molar-refractivity contribution in [2.75, 3.05) is 13.7 Å². The molecule has 0 bridgehead atoms. The molecular weight excluding hydrogens is 434 g/mol. The number of carbonyl (C=O) groups excluding carboxylic acids is 2. The first-order valence-corrected chi connectivity index (χ1v) is 13.1. The first-order chi connectivity index (χ1) is 16.0. The van der Waals surface area contributed by atoms with E-state index in [1.807, 2.05) is 4.90 Å². The second kappa shape index (κ2) is 8.12. The Bertz CT molecular complexity index is 900. The second-order valence-corrected chi connectivity index (χ2v) is 12.4. The molecule has 5 aliphatic rings. The molecular formula is C27H41NO6. The number of carbonyl (C=O) groups is 2. The molecule has 8 unspecified atom stereocenters. The molecule has 4 saturated carbocycles. The Morgan fingerprint density at radius 2 is 1.85 bits per heavy atom. The summed E-state index contributed by atoms with van der Waals surface area (Å²) in [5.41, 5.74) is -1.16. The maximum Gasteiger partial charge on any atom is 0.249 e. The van der Waals surface area contributed by atoms with Crippen LogP contribution in [-0.2, 0) is 14.3 Å². The molecule has 0 aliphatic heterocycles. The second-order valence-electron chi connectivity index (χ2n) is 12.4. The van der Waals surface area contributed by atoms with E-state index in [-0.39, 0.29) is 54.6 Å². The number of allylic oxidation sites excluding steroid dienone is 1. The number of nitrogens with zero attached hydrogens (tertiary/aromatic N) is 1. The van der Waals surface area contributed by atoms with E-state index < -0.39 is 28.6 Å². The van der Waals surface area contributed by atoms with Gasteiger partial charge in [0, 0.05) is 30.5 Å². The lowest BCUT2D eigenvalue weighted by molar-refractivity contribution is -0.155. The third kappa shape index (κ3) is 3.30. The number of methoxy groups -OCH3 is 1. The van der Waals surface area contributed by atoms with Gasteiger partial charge in [0.1, 0.15) is 6.61 Å². The predicted octanol–water partition coefficient (Wildman–Crippen LogP) is 2.22. The fraction of sp³-hybridized carbons (Fsp3) is 0.852. The molecule has 4 fully saturated rings. The number of ketones is 1. The molecule has 0 aromatic rings. The zero-order valence-electron chi connectivity index (χ0n) is 21.0. The normalized spacial score (nSPS) is 46.7. The number of fused-ring (bicyclic) bond motifs is 5. The van der Waals surface area contributed by atoms with E-state index >= 15 is 0 Å². The predicted molar refractivity (Wildman–Crippen MR) is 126 cm³/mol. The number of aliphatic hydroxyl groups is 3. The summed E-state index contributed by atoms with van der Waals surface area (Å²) in [6.07, 6.45) is 5.71. The number of hydrogen-bond acceptors (Lipinski definition) is 6. The van der Waals surface area contributed by atoms with Crippen LogP contribution in [0.4, 0.5) is 0 Å². The van der Waals surface area contributed by atoms with E-state index in [9.17, 15) is 24.9 Å². The first-order valence-electron chi connectivity index (χ1n) is 13.1. The molecule has 0 saturated heterocycles. The molecule has 7 nitrogen and oxygen atoms in total. The molecule has 9 atom stereocenters. The highest BCUT2D eigenvalue weighted by molar-refractivity contribution is 5.95. The third-order valence-electron chi connectivity index (χ3n) is 10.7. The zero-order chi connectivity index (χ0) is 24.6. The maximum absolute atomic E-state index is 13.3. The molecule has 0 heterocycles. The van der Waals surface area contributed by atoms with Crippen LogP contribution >= 0.6 is 0 Å². The van der Waals surface area contributed by atoms with Crippen LogP contribution in [0, 0.1) is 28.6 Å². The van der Waals surface area contributed by atoms with Crippen LogP contribution < -0.4 is 0 Å². The fourth-order valence-corrected chi connectivity index (χ4v) is 8.69. The summed E-state index contributed by atoms with van der Waals surface area (Å²) in [6.45, 7) is 6.42. The minimum Gasteiger partial charge on any atom is -0.390 e. The number of hydrogen-bond donors (Lipinski definition) is 3. The highest BCUT2D eigenvalue weighted by atomic mass is 16.5. The standard InChI is InChI=1S/C27H41NO6/c1-15(28(16-5-6-16)24(32)14-34-4)17-8-10-27(33)19-11-21(29)20-12-22(30)23(31)13-25(20,2)18(19)7-9-26(17,27)3/h11,15-18,20,22-23,30-31,33H,5-10,12-14H2,1-4H3/t15?,17?,18?,20?,22?,23?,25?,26?,27-/m1/s1. The third-order valence-corrected chi connectivity index (χ3v) is 10.7. The molecule has 0 aromatic carbocycles. The van der Waals surface area contributed by atoms with Crippen molar-refractivity contribution in [1.29, 1.82) is 0 Å². The Labute approximate surface area is 202 Å². The average Bonchev–Trinajstić information content (AvgIpc) is 3.54. The first kappa shape index (κ1) is 24.4. The summed E-state index contributed by atoms with van der Waals surface area (Å²) in [7, 11) is 1.55. The Morgan fingerprint density at radius 1 is 1.15 bits per heavy atom. The lowest BCUT2D eigenvalue weighted by atomic mass is 9.46. The number of ether oxygens (including phenoxy) is 1. The van der Waals surface area contributed by atoms with Crippen molar-refractivity contribution < 1.29 is 29.6 Å². The van der Waals surface area contributed by atoms with Gasteiger partial charge < -0.3 is 25.0 Å². The van der Waals surface area contributed by atoms with E-state index in [0.29, 0.717) is 12.8 Å². The van der Waals surface area contributed by atoms with E-state index in [4.69, 9.17) is 4.74 Å². The molecule has 5 rings (SSSR count). The van der Waals surface area contributed by atoms with Gasteiger partial charge in [-0.3, -0.25) is 9.59 Å². The lowest BCUT2D eigenvalue weighted by Gasteiger charge is -2.60. The maximum atomic E-state index is 13.3. The van der Waals surface area contributed by atoms with E-state index in [1.54, 1.807) is 13.2 Å². The highest BCUT2D eigenvalue weighted by Crippen LogP contribution is 2.67. The van der Waals surface area contributed by atoms with Gasteiger partial charge in [0.2, 0.25) is 5.91 Å². The molecule has 190 valence electrons. The largest absolute Gasteiger partial charge is 0.390 e. The monoisotopic (exact) mass is 475 g/mol. The summed E-state index contributed by atoms with van der Waals surface area (Å²) in [5, 5.41) is 33.1. The molecule has 7 heteroatoms. The Kier molecular flexibility index (Phi) is 5.83. The summed E-state index contributed by atoms with van der Waals surface area (Å²) >= 11 is 0. The molecule has 0 radical (unpaired) electrons. The zero-order valence-corrected chi connectivity index (χ0v) is 21.0. The van der Waals surface area contributed by atoms with Gasteiger partial charge in [0.25, 0.3) is 0 Å². The Balaban J connectivity index is 1.48. The van der Waals surface area contributed by atoms with Crippen LogP contribution in [0.1, 0.15) is 72.1 Å². The summed E-state index contributed by atoms with van der Waals surface area (Å²) in [4.78, 5) is 28.3. The topological polar surface area (TPSA) is 107 Å². The van der Waals surface area contributed by atoms with E-state index in [0.717, 1.165) is 37.7 Å². The summed E-state index contributed by atoms with van der Waals surface area (Å²) in [6, 6.07) is 0.247. The van der Waals surface area contributed by atoms with Gasteiger partial charge in [-0.25, -0.2) is 0 Å². The van der Waals surface area contributed by atoms with Gasteiger partial charge in [-0.05, 0) is 87.2 Å². The van der Waals surface area contributed by atoms with Gasteiger partial charge >= 0.3 is 0 Å². The summed E-state index contributed by atoms with van der Waals surface area (Å²) < 4.78 is 5.16.